The zero-order chi connectivity index (χ0) is 21.1. The van der Waals surface area contributed by atoms with E-state index in [4.69, 9.17) is 4.74 Å². The maximum atomic E-state index is 12.4. The van der Waals surface area contributed by atoms with Crippen LogP contribution < -0.4 is 10.2 Å². The maximum Gasteiger partial charge on any atom is 0.414 e. The number of para-hydroxylation sites is 2. The Labute approximate surface area is 174 Å². The SMILES string of the molecule is O=C(CN1CCC(N2C(=O)OCc3ccccc32)CC1)Nc1ccccc1C(=O)O. The van der Waals surface area contributed by atoms with E-state index in [-0.39, 0.29) is 35.8 Å². The van der Waals surface area contributed by atoms with Gasteiger partial charge in [-0.05, 0) is 31.0 Å². The summed E-state index contributed by atoms with van der Waals surface area (Å²) in [5, 5.41) is 11.9. The molecule has 8 heteroatoms. The quantitative estimate of drug-likeness (QED) is 0.788. The molecular formula is C22H23N3O5. The number of benzene rings is 2. The molecule has 0 aliphatic carbocycles. The van der Waals surface area contributed by atoms with Gasteiger partial charge in [-0.1, -0.05) is 30.3 Å². The molecule has 0 aromatic heterocycles. The van der Waals surface area contributed by atoms with Crippen molar-refractivity contribution in [1.29, 1.82) is 0 Å². The Morgan fingerprint density at radius 2 is 1.77 bits per heavy atom. The Hall–Kier alpha value is -3.39. The Bertz CT molecular complexity index is 969. The number of cyclic esters (lactones) is 1. The standard InChI is InChI=1S/C22H23N3O5/c26-20(23-18-7-3-2-6-17(18)21(27)28)13-24-11-9-16(10-12-24)25-19-8-4-1-5-15(19)14-30-22(25)29/h1-8,16H,9-14H2,(H,23,26)(H,27,28). The molecule has 2 heterocycles. The molecule has 0 unspecified atom stereocenters. The van der Waals surface area contributed by atoms with Crippen molar-refractivity contribution in [3.8, 4) is 0 Å². The van der Waals surface area contributed by atoms with E-state index in [0.29, 0.717) is 19.7 Å². The molecule has 8 nitrogen and oxygen atoms in total. The largest absolute Gasteiger partial charge is 0.478 e. The number of piperidine rings is 1. The van der Waals surface area contributed by atoms with Crippen LogP contribution in [-0.4, -0.2) is 53.7 Å². The van der Waals surface area contributed by atoms with Crippen LogP contribution in [0.1, 0.15) is 28.8 Å². The molecule has 2 aliphatic rings. The van der Waals surface area contributed by atoms with Gasteiger partial charge in [-0.15, -0.1) is 0 Å². The first kappa shape index (κ1) is 19.9. The molecule has 30 heavy (non-hydrogen) atoms. The Kier molecular flexibility index (Phi) is 5.67. The number of carbonyl (C=O) groups excluding carboxylic acids is 2. The number of rotatable bonds is 5. The van der Waals surface area contributed by atoms with Crippen molar-refractivity contribution < 1.29 is 24.2 Å². The van der Waals surface area contributed by atoms with Gasteiger partial charge in [0.25, 0.3) is 0 Å². The van der Waals surface area contributed by atoms with E-state index in [1.807, 2.05) is 29.2 Å². The number of amides is 2. The normalized spacial score (nSPS) is 17.2. The molecule has 4 rings (SSSR count). The number of anilines is 2. The zero-order valence-corrected chi connectivity index (χ0v) is 16.4. The number of hydrogen-bond donors (Lipinski definition) is 2. The van der Waals surface area contributed by atoms with Gasteiger partial charge in [0, 0.05) is 24.7 Å². The average molecular weight is 409 g/mol. The Morgan fingerprint density at radius 1 is 1.07 bits per heavy atom. The monoisotopic (exact) mass is 409 g/mol. The van der Waals surface area contributed by atoms with Gasteiger partial charge in [-0.3, -0.25) is 14.6 Å². The zero-order valence-electron chi connectivity index (χ0n) is 16.4. The number of carbonyl (C=O) groups is 3. The maximum absolute atomic E-state index is 12.4. The Balaban J connectivity index is 1.35. The highest BCUT2D eigenvalue weighted by Crippen LogP contribution is 2.31. The number of likely N-dealkylation sites (tertiary alicyclic amines) is 1. The minimum absolute atomic E-state index is 0.0194. The van der Waals surface area contributed by atoms with Crippen LogP contribution in [0.25, 0.3) is 0 Å². The second-order valence-electron chi connectivity index (χ2n) is 7.46. The van der Waals surface area contributed by atoms with Crippen molar-refractivity contribution in [1.82, 2.24) is 4.90 Å². The van der Waals surface area contributed by atoms with Crippen LogP contribution in [0, 0.1) is 0 Å². The second-order valence-corrected chi connectivity index (χ2v) is 7.46. The number of nitrogens with one attached hydrogen (secondary N) is 1. The van der Waals surface area contributed by atoms with E-state index in [1.54, 1.807) is 23.1 Å². The first-order chi connectivity index (χ1) is 14.5. The van der Waals surface area contributed by atoms with Gasteiger partial charge in [-0.2, -0.15) is 0 Å². The first-order valence-electron chi connectivity index (χ1n) is 9.91. The molecule has 156 valence electrons. The molecular weight excluding hydrogens is 386 g/mol. The third-order valence-electron chi connectivity index (χ3n) is 5.52. The van der Waals surface area contributed by atoms with E-state index >= 15 is 0 Å². The lowest BCUT2D eigenvalue weighted by Gasteiger charge is -2.40. The third kappa shape index (κ3) is 4.13. The predicted octanol–water partition coefficient (Wildman–Crippen LogP) is 2.94. The summed E-state index contributed by atoms with van der Waals surface area (Å²) in [7, 11) is 0. The highest BCUT2D eigenvalue weighted by Gasteiger charge is 2.34. The van der Waals surface area contributed by atoms with Gasteiger partial charge in [0.05, 0.1) is 23.5 Å². The van der Waals surface area contributed by atoms with Gasteiger partial charge in [-0.25, -0.2) is 9.59 Å². The number of ether oxygens (including phenoxy) is 1. The van der Waals surface area contributed by atoms with E-state index in [2.05, 4.69) is 5.32 Å². The summed E-state index contributed by atoms with van der Waals surface area (Å²) in [6.07, 6.45) is 1.13. The predicted molar refractivity (Wildman–Crippen MR) is 111 cm³/mol. The molecule has 0 saturated carbocycles. The van der Waals surface area contributed by atoms with E-state index in [1.165, 1.54) is 6.07 Å². The van der Waals surface area contributed by atoms with Gasteiger partial charge >= 0.3 is 12.1 Å². The Morgan fingerprint density at radius 3 is 2.53 bits per heavy atom. The van der Waals surface area contributed by atoms with Crippen LogP contribution >= 0.6 is 0 Å². The van der Waals surface area contributed by atoms with Gasteiger partial charge in [0.1, 0.15) is 6.61 Å². The molecule has 0 atom stereocenters. The van der Waals surface area contributed by atoms with Crippen molar-refractivity contribution in [3.63, 3.8) is 0 Å². The molecule has 2 aromatic carbocycles. The highest BCUT2D eigenvalue weighted by atomic mass is 16.6. The van der Waals surface area contributed by atoms with Crippen molar-refractivity contribution in [3.05, 3.63) is 59.7 Å². The second kappa shape index (κ2) is 8.54. The lowest BCUT2D eigenvalue weighted by Crippen LogP contribution is -2.50. The minimum Gasteiger partial charge on any atom is -0.478 e. The van der Waals surface area contributed by atoms with Crippen LogP contribution in [0.15, 0.2) is 48.5 Å². The molecule has 0 spiro atoms. The number of carboxylic acids is 1. The molecule has 2 amide bonds. The molecule has 2 aliphatic heterocycles. The van der Waals surface area contributed by atoms with Crippen LogP contribution in [0.2, 0.25) is 0 Å². The summed E-state index contributed by atoms with van der Waals surface area (Å²) < 4.78 is 5.32. The van der Waals surface area contributed by atoms with E-state index in [9.17, 15) is 19.5 Å². The fraction of sp³-hybridized carbons (Fsp3) is 0.318. The van der Waals surface area contributed by atoms with Crippen LogP contribution in [0.4, 0.5) is 16.2 Å². The lowest BCUT2D eigenvalue weighted by atomic mass is 10.0. The van der Waals surface area contributed by atoms with Crippen molar-refractivity contribution in [2.24, 2.45) is 0 Å². The fourth-order valence-electron chi connectivity index (χ4n) is 4.03. The van der Waals surface area contributed by atoms with Crippen LogP contribution in [0.5, 0.6) is 0 Å². The molecule has 0 radical (unpaired) electrons. The summed E-state index contributed by atoms with van der Waals surface area (Å²) >= 11 is 0. The fourth-order valence-corrected chi connectivity index (χ4v) is 4.03. The summed E-state index contributed by atoms with van der Waals surface area (Å²) in [5.74, 6) is -1.34. The van der Waals surface area contributed by atoms with Gasteiger partial charge < -0.3 is 15.2 Å². The van der Waals surface area contributed by atoms with E-state index < -0.39 is 5.97 Å². The number of hydrogen-bond acceptors (Lipinski definition) is 5. The highest BCUT2D eigenvalue weighted by molar-refractivity contribution is 6.01. The van der Waals surface area contributed by atoms with E-state index in [0.717, 1.165) is 24.1 Å². The first-order valence-corrected chi connectivity index (χ1v) is 9.91. The molecule has 2 aromatic rings. The van der Waals surface area contributed by atoms with Gasteiger partial charge in [0.2, 0.25) is 5.91 Å². The van der Waals surface area contributed by atoms with Crippen LogP contribution in [-0.2, 0) is 16.1 Å². The van der Waals surface area contributed by atoms with Crippen molar-refractivity contribution in [2.75, 3.05) is 29.9 Å². The summed E-state index contributed by atoms with van der Waals surface area (Å²) in [6.45, 7) is 1.78. The van der Waals surface area contributed by atoms with Crippen molar-refractivity contribution >= 4 is 29.3 Å². The summed E-state index contributed by atoms with van der Waals surface area (Å²) in [5.41, 5.74) is 2.25. The third-order valence-corrected chi connectivity index (χ3v) is 5.52. The summed E-state index contributed by atoms with van der Waals surface area (Å²) in [4.78, 5) is 39.8. The van der Waals surface area contributed by atoms with Gasteiger partial charge in [0.15, 0.2) is 0 Å². The lowest BCUT2D eigenvalue weighted by molar-refractivity contribution is -0.117. The smallest absolute Gasteiger partial charge is 0.414 e. The van der Waals surface area contributed by atoms with Crippen LogP contribution in [0.3, 0.4) is 0 Å². The number of carboxylic acid groups (broad SMARTS) is 1. The minimum atomic E-state index is -1.08. The number of nitrogens with zero attached hydrogens (tertiary/aromatic N) is 2. The van der Waals surface area contributed by atoms with Crippen molar-refractivity contribution in [2.45, 2.75) is 25.5 Å². The number of fused-ring (bicyclic) bond motifs is 1. The number of aromatic carboxylic acids is 1. The molecule has 2 N–H and O–H groups in total. The molecule has 0 bridgehead atoms. The summed E-state index contributed by atoms with van der Waals surface area (Å²) in [6, 6.07) is 14.1. The molecule has 1 saturated heterocycles. The average Bonchev–Trinajstić information content (AvgIpc) is 2.74. The topological polar surface area (TPSA) is 99.2 Å². The molecule has 1 fully saturated rings.